The highest BCUT2D eigenvalue weighted by Gasteiger charge is 2.42. The van der Waals surface area contributed by atoms with Crippen molar-refractivity contribution in [3.63, 3.8) is 0 Å². The van der Waals surface area contributed by atoms with E-state index in [1.807, 2.05) is 67.7 Å². The number of benzene rings is 2. The van der Waals surface area contributed by atoms with Gasteiger partial charge < -0.3 is 19.5 Å². The van der Waals surface area contributed by atoms with E-state index in [1.54, 1.807) is 7.11 Å². The lowest BCUT2D eigenvalue weighted by Gasteiger charge is -2.29. The lowest BCUT2D eigenvalue weighted by molar-refractivity contribution is 0.415. The van der Waals surface area contributed by atoms with Crippen molar-refractivity contribution in [2.75, 3.05) is 12.0 Å². The Morgan fingerprint density at radius 2 is 1.79 bits per heavy atom. The Morgan fingerprint density at radius 3 is 2.48 bits per heavy atom. The highest BCUT2D eigenvalue weighted by Crippen LogP contribution is 2.42. The molecule has 0 unspecified atom stereocenters. The number of aryl methyl sites for hydroxylation is 1. The second kappa shape index (κ2) is 8.89. The number of thiocarbonyl (C=S) groups is 1. The number of nitrogens with one attached hydrogen (secondary N) is 1. The fraction of sp³-hybridized carbons (Fsp3) is 0.154. The Hall–Kier alpha value is -3.35. The Kier molecular flexibility index (Phi) is 5.79. The average Bonchev–Trinajstić information content (AvgIpc) is 3.46. The van der Waals surface area contributed by atoms with Crippen molar-refractivity contribution < 1.29 is 4.74 Å². The first-order chi connectivity index (χ1) is 16.1. The van der Waals surface area contributed by atoms with Crippen LogP contribution >= 0.6 is 23.8 Å². The van der Waals surface area contributed by atoms with Gasteiger partial charge in [-0.2, -0.15) is 0 Å². The molecule has 166 valence electrons. The summed E-state index contributed by atoms with van der Waals surface area (Å²) in [5, 5.41) is 4.92. The number of pyridine rings is 1. The number of hydrogen-bond acceptors (Lipinski definition) is 3. The van der Waals surface area contributed by atoms with Gasteiger partial charge in [0, 0.05) is 34.5 Å². The van der Waals surface area contributed by atoms with Crippen LogP contribution < -0.4 is 15.0 Å². The van der Waals surface area contributed by atoms with Crippen LogP contribution in [-0.4, -0.2) is 21.8 Å². The first-order valence-corrected chi connectivity index (χ1v) is 11.4. The number of anilines is 1. The van der Waals surface area contributed by atoms with Crippen molar-refractivity contribution in [3.05, 3.63) is 107 Å². The van der Waals surface area contributed by atoms with Crippen molar-refractivity contribution in [2.24, 2.45) is 0 Å². The summed E-state index contributed by atoms with van der Waals surface area (Å²) in [4.78, 5) is 6.80. The van der Waals surface area contributed by atoms with Crippen LogP contribution in [0.2, 0.25) is 5.02 Å². The zero-order chi connectivity index (χ0) is 22.9. The molecule has 1 saturated heterocycles. The third-order valence-corrected chi connectivity index (χ3v) is 6.69. The molecule has 1 aliphatic rings. The minimum Gasteiger partial charge on any atom is -0.497 e. The summed E-state index contributed by atoms with van der Waals surface area (Å²) in [5.74, 6) is 0.801. The smallest absolute Gasteiger partial charge is 0.174 e. The van der Waals surface area contributed by atoms with E-state index in [-0.39, 0.29) is 12.1 Å². The fourth-order valence-corrected chi connectivity index (χ4v) is 4.79. The van der Waals surface area contributed by atoms with E-state index in [2.05, 4.69) is 44.2 Å². The molecule has 3 heterocycles. The molecule has 0 saturated carbocycles. The van der Waals surface area contributed by atoms with Gasteiger partial charge in [-0.1, -0.05) is 17.7 Å². The van der Waals surface area contributed by atoms with Gasteiger partial charge in [-0.05, 0) is 91.4 Å². The quantitative estimate of drug-likeness (QED) is 0.358. The maximum atomic E-state index is 6.30. The van der Waals surface area contributed by atoms with E-state index in [9.17, 15) is 0 Å². The number of nitrogens with zero attached hydrogens (tertiary/aromatic N) is 3. The van der Waals surface area contributed by atoms with Gasteiger partial charge in [-0.15, -0.1) is 0 Å². The van der Waals surface area contributed by atoms with Gasteiger partial charge in [0.25, 0.3) is 0 Å². The van der Waals surface area contributed by atoms with Crippen molar-refractivity contribution in [1.29, 1.82) is 0 Å². The first-order valence-electron chi connectivity index (χ1n) is 10.7. The van der Waals surface area contributed by atoms with Crippen molar-refractivity contribution in [2.45, 2.75) is 19.0 Å². The molecule has 2 aromatic carbocycles. The molecule has 1 fully saturated rings. The predicted octanol–water partition coefficient (Wildman–Crippen LogP) is 6.02. The molecule has 5 nitrogen and oxygen atoms in total. The molecule has 0 bridgehead atoms. The summed E-state index contributed by atoms with van der Waals surface area (Å²) >= 11 is 12.1. The van der Waals surface area contributed by atoms with E-state index in [1.165, 1.54) is 0 Å². The van der Waals surface area contributed by atoms with E-state index in [0.29, 0.717) is 5.11 Å². The first kappa shape index (κ1) is 21.5. The van der Waals surface area contributed by atoms with E-state index in [0.717, 1.165) is 39.1 Å². The van der Waals surface area contributed by atoms with E-state index >= 15 is 0 Å². The Morgan fingerprint density at radius 1 is 1.00 bits per heavy atom. The zero-order valence-corrected chi connectivity index (χ0v) is 19.8. The van der Waals surface area contributed by atoms with Crippen molar-refractivity contribution >= 4 is 34.6 Å². The summed E-state index contributed by atoms with van der Waals surface area (Å²) in [6.07, 6.45) is 3.88. The van der Waals surface area contributed by atoms with E-state index < -0.39 is 0 Å². The summed E-state index contributed by atoms with van der Waals surface area (Å²) < 4.78 is 7.54. The van der Waals surface area contributed by atoms with Gasteiger partial charge in [0.15, 0.2) is 5.11 Å². The molecule has 5 rings (SSSR count). The summed E-state index contributed by atoms with van der Waals surface area (Å²) in [5.41, 5.74) is 5.08. The monoisotopic (exact) mass is 474 g/mol. The van der Waals surface area contributed by atoms with Crippen LogP contribution in [-0.2, 0) is 0 Å². The third-order valence-electron chi connectivity index (χ3n) is 5.95. The number of hydrogen-bond donors (Lipinski definition) is 1. The van der Waals surface area contributed by atoms with Gasteiger partial charge in [0.05, 0.1) is 18.8 Å². The van der Waals surface area contributed by atoms with Crippen LogP contribution in [0.3, 0.4) is 0 Å². The largest absolute Gasteiger partial charge is 0.497 e. The zero-order valence-electron chi connectivity index (χ0n) is 18.3. The number of aromatic nitrogens is 2. The summed E-state index contributed by atoms with van der Waals surface area (Å²) in [7, 11) is 1.66. The molecule has 2 aromatic heterocycles. The minimum absolute atomic E-state index is 0.119. The molecule has 1 N–H and O–H groups in total. The van der Waals surface area contributed by atoms with Crippen LogP contribution in [0.15, 0.2) is 85.2 Å². The molecule has 4 aromatic rings. The van der Waals surface area contributed by atoms with Crippen molar-refractivity contribution in [1.82, 2.24) is 14.9 Å². The lowest BCUT2D eigenvalue weighted by Crippen LogP contribution is -2.30. The minimum atomic E-state index is -0.122. The maximum Gasteiger partial charge on any atom is 0.174 e. The topological polar surface area (TPSA) is 42.3 Å². The highest BCUT2D eigenvalue weighted by molar-refractivity contribution is 7.80. The number of halogens is 1. The summed E-state index contributed by atoms with van der Waals surface area (Å²) in [6.45, 7) is 2.02. The number of methoxy groups -OCH3 is 1. The standard InChI is InChI=1S/C26H23ClN4OS/c1-17-16-19(10-13-21(17)27)30-15-5-7-23(30)25-24(22-6-3-4-14-28-22)29-26(33)31(25)18-8-11-20(32-2)12-9-18/h3-16,24-25H,1-2H3,(H,29,33)/t24-,25-/m0/s1. The van der Waals surface area contributed by atoms with Crippen LogP contribution in [0.25, 0.3) is 5.69 Å². The Balaban J connectivity index is 1.65. The van der Waals surface area contributed by atoms with Gasteiger partial charge in [0.2, 0.25) is 0 Å². The lowest BCUT2D eigenvalue weighted by atomic mass is 10.0. The molecular weight excluding hydrogens is 452 g/mol. The van der Waals surface area contributed by atoms with E-state index in [4.69, 9.17) is 28.6 Å². The molecule has 33 heavy (non-hydrogen) atoms. The molecule has 2 atom stereocenters. The van der Waals surface area contributed by atoms with Crippen LogP contribution in [0.5, 0.6) is 5.75 Å². The van der Waals surface area contributed by atoms with Crippen LogP contribution in [0.4, 0.5) is 5.69 Å². The number of ether oxygens (including phenoxy) is 1. The second-order valence-electron chi connectivity index (χ2n) is 7.93. The maximum absolute atomic E-state index is 6.30. The van der Waals surface area contributed by atoms with Gasteiger partial charge in [-0.25, -0.2) is 0 Å². The predicted molar refractivity (Wildman–Crippen MR) is 136 cm³/mol. The van der Waals surface area contributed by atoms with Crippen molar-refractivity contribution in [3.8, 4) is 11.4 Å². The molecule has 1 aliphatic heterocycles. The van der Waals surface area contributed by atoms with Crippen LogP contribution in [0.1, 0.15) is 29.0 Å². The SMILES string of the molecule is COc1ccc(N2C(=S)N[C@@H](c3ccccn3)[C@@H]2c2cccn2-c2ccc(Cl)c(C)c2)cc1. The number of rotatable bonds is 5. The molecular formula is C26H23ClN4OS. The molecule has 0 aliphatic carbocycles. The fourth-order valence-electron chi connectivity index (χ4n) is 4.33. The molecule has 0 radical (unpaired) electrons. The van der Waals surface area contributed by atoms with Gasteiger partial charge in [0.1, 0.15) is 11.8 Å². The summed E-state index contributed by atoms with van der Waals surface area (Å²) in [6, 6.07) is 23.9. The molecule has 0 amide bonds. The Bertz CT molecular complexity index is 1290. The average molecular weight is 475 g/mol. The van der Waals surface area contributed by atoms with Crippen LogP contribution in [0, 0.1) is 6.92 Å². The Labute approximate surface area is 203 Å². The highest BCUT2D eigenvalue weighted by atomic mass is 35.5. The van der Waals surface area contributed by atoms with Gasteiger partial charge >= 0.3 is 0 Å². The molecule has 0 spiro atoms. The normalized spacial score (nSPS) is 17.8. The third kappa shape index (κ3) is 3.96. The second-order valence-corrected chi connectivity index (χ2v) is 8.73. The van der Waals surface area contributed by atoms with Gasteiger partial charge in [-0.3, -0.25) is 4.98 Å². The molecule has 7 heteroatoms.